The van der Waals surface area contributed by atoms with Crippen LogP contribution in [-0.4, -0.2) is 19.5 Å². The summed E-state index contributed by atoms with van der Waals surface area (Å²) in [4.78, 5) is 12.5. The highest BCUT2D eigenvalue weighted by Gasteiger charge is 2.16. The van der Waals surface area contributed by atoms with Gasteiger partial charge in [-0.3, -0.25) is 4.79 Å². The highest BCUT2D eigenvalue weighted by Crippen LogP contribution is 2.30. The standard InChI is InChI=1S/C24H26N2O2/c1-25-17-16-22(20-12-6-3-7-13-20)28-23-15-9-8-14-21(23)26-24(27)18-19-10-4-2-5-11-19/h2-15,22,25H,16-18H2,1H3,(H,26,27). The zero-order valence-electron chi connectivity index (χ0n) is 16.1. The molecule has 144 valence electrons. The van der Waals surface area contributed by atoms with Crippen LogP contribution in [0.15, 0.2) is 84.9 Å². The number of amides is 1. The van der Waals surface area contributed by atoms with Gasteiger partial charge in [0, 0.05) is 6.42 Å². The van der Waals surface area contributed by atoms with E-state index in [1.807, 2.05) is 79.8 Å². The molecule has 28 heavy (non-hydrogen) atoms. The van der Waals surface area contributed by atoms with Crippen LogP contribution in [0.3, 0.4) is 0 Å². The summed E-state index contributed by atoms with van der Waals surface area (Å²) in [6.45, 7) is 0.835. The molecule has 0 aromatic heterocycles. The van der Waals surface area contributed by atoms with Crippen molar-refractivity contribution in [2.45, 2.75) is 18.9 Å². The van der Waals surface area contributed by atoms with Crippen LogP contribution in [0.1, 0.15) is 23.7 Å². The van der Waals surface area contributed by atoms with Gasteiger partial charge in [-0.15, -0.1) is 0 Å². The minimum absolute atomic E-state index is 0.0614. The molecule has 0 saturated heterocycles. The first-order valence-electron chi connectivity index (χ1n) is 9.55. The number of anilines is 1. The minimum Gasteiger partial charge on any atom is -0.484 e. The van der Waals surface area contributed by atoms with Crippen LogP contribution >= 0.6 is 0 Å². The molecule has 0 saturated carbocycles. The molecule has 0 aliphatic carbocycles. The van der Waals surface area contributed by atoms with E-state index in [2.05, 4.69) is 22.8 Å². The maximum Gasteiger partial charge on any atom is 0.228 e. The van der Waals surface area contributed by atoms with Gasteiger partial charge in [-0.25, -0.2) is 0 Å². The molecule has 0 heterocycles. The quantitative estimate of drug-likeness (QED) is 0.576. The molecule has 0 radical (unpaired) electrons. The predicted molar refractivity (Wildman–Crippen MR) is 114 cm³/mol. The van der Waals surface area contributed by atoms with Crippen LogP contribution < -0.4 is 15.4 Å². The Bertz CT molecular complexity index is 866. The highest BCUT2D eigenvalue weighted by molar-refractivity contribution is 5.93. The molecule has 4 nitrogen and oxygen atoms in total. The molecule has 1 amide bonds. The Kier molecular flexibility index (Phi) is 7.21. The number of hydrogen-bond acceptors (Lipinski definition) is 3. The Balaban J connectivity index is 1.73. The van der Waals surface area contributed by atoms with E-state index in [1.165, 1.54) is 0 Å². The SMILES string of the molecule is CNCCC(Oc1ccccc1NC(=O)Cc1ccccc1)c1ccccc1. The summed E-state index contributed by atoms with van der Waals surface area (Å²) >= 11 is 0. The summed E-state index contributed by atoms with van der Waals surface area (Å²) in [5, 5.41) is 6.17. The number of rotatable bonds is 9. The van der Waals surface area contributed by atoms with Crippen molar-refractivity contribution in [3.05, 3.63) is 96.1 Å². The van der Waals surface area contributed by atoms with E-state index >= 15 is 0 Å². The minimum atomic E-state index is -0.0965. The van der Waals surface area contributed by atoms with E-state index in [9.17, 15) is 4.79 Å². The first-order chi connectivity index (χ1) is 13.8. The maximum atomic E-state index is 12.5. The molecule has 3 aromatic rings. The first-order valence-corrected chi connectivity index (χ1v) is 9.55. The molecule has 0 spiro atoms. The molecule has 1 atom stereocenters. The molecular formula is C24H26N2O2. The van der Waals surface area contributed by atoms with E-state index in [-0.39, 0.29) is 12.0 Å². The van der Waals surface area contributed by atoms with Gasteiger partial charge in [0.25, 0.3) is 0 Å². The number of carbonyl (C=O) groups is 1. The van der Waals surface area contributed by atoms with Crippen molar-refractivity contribution in [3.8, 4) is 5.75 Å². The van der Waals surface area contributed by atoms with Gasteiger partial charge in [0.1, 0.15) is 11.9 Å². The van der Waals surface area contributed by atoms with Gasteiger partial charge < -0.3 is 15.4 Å². The molecule has 3 aromatic carbocycles. The number of para-hydroxylation sites is 2. The lowest BCUT2D eigenvalue weighted by molar-refractivity contribution is -0.115. The van der Waals surface area contributed by atoms with Gasteiger partial charge in [-0.1, -0.05) is 72.8 Å². The van der Waals surface area contributed by atoms with Gasteiger partial charge in [0.05, 0.1) is 12.1 Å². The smallest absolute Gasteiger partial charge is 0.228 e. The van der Waals surface area contributed by atoms with E-state index in [0.717, 1.165) is 24.1 Å². The van der Waals surface area contributed by atoms with Crippen molar-refractivity contribution in [2.24, 2.45) is 0 Å². The second-order valence-corrected chi connectivity index (χ2v) is 6.62. The summed E-state index contributed by atoms with van der Waals surface area (Å²) in [5.74, 6) is 0.614. The van der Waals surface area contributed by atoms with Crippen molar-refractivity contribution in [1.82, 2.24) is 5.32 Å². The number of nitrogens with one attached hydrogen (secondary N) is 2. The molecule has 4 heteroatoms. The van der Waals surface area contributed by atoms with E-state index in [1.54, 1.807) is 0 Å². The van der Waals surface area contributed by atoms with Crippen molar-refractivity contribution < 1.29 is 9.53 Å². The lowest BCUT2D eigenvalue weighted by Crippen LogP contribution is -2.18. The third-order valence-corrected chi connectivity index (χ3v) is 4.47. The van der Waals surface area contributed by atoms with E-state index in [4.69, 9.17) is 4.74 Å². The Labute approximate surface area is 166 Å². The van der Waals surface area contributed by atoms with Crippen molar-refractivity contribution in [3.63, 3.8) is 0 Å². The third kappa shape index (κ3) is 5.69. The first kappa shape index (κ1) is 19.6. The number of carbonyl (C=O) groups excluding carboxylic acids is 1. The predicted octanol–water partition coefficient (Wildman–Crippen LogP) is 4.60. The van der Waals surface area contributed by atoms with Crippen LogP contribution in [0.5, 0.6) is 5.75 Å². The Morgan fingerprint density at radius 2 is 1.54 bits per heavy atom. The fraction of sp³-hybridized carbons (Fsp3) is 0.208. The summed E-state index contributed by atoms with van der Waals surface area (Å²) < 4.78 is 6.33. The Hall–Kier alpha value is -3.11. The van der Waals surface area contributed by atoms with Crippen LogP contribution in [0.25, 0.3) is 0 Å². The normalized spacial score (nSPS) is 11.6. The fourth-order valence-electron chi connectivity index (χ4n) is 3.04. The fourth-order valence-corrected chi connectivity index (χ4v) is 3.04. The van der Waals surface area contributed by atoms with Gasteiger partial charge in [0.15, 0.2) is 0 Å². The summed E-state index contributed by atoms with van der Waals surface area (Å²) in [7, 11) is 1.93. The summed E-state index contributed by atoms with van der Waals surface area (Å²) in [6, 6.07) is 27.5. The molecule has 1 unspecified atom stereocenters. The lowest BCUT2D eigenvalue weighted by Gasteiger charge is -2.21. The van der Waals surface area contributed by atoms with Gasteiger partial charge >= 0.3 is 0 Å². The second-order valence-electron chi connectivity index (χ2n) is 6.62. The molecule has 0 fully saturated rings. The van der Waals surface area contributed by atoms with Crippen LogP contribution in [-0.2, 0) is 11.2 Å². The van der Waals surface area contributed by atoms with Gasteiger partial charge in [-0.2, -0.15) is 0 Å². The number of hydrogen-bond donors (Lipinski definition) is 2. The van der Waals surface area contributed by atoms with Crippen LogP contribution in [0.2, 0.25) is 0 Å². The van der Waals surface area contributed by atoms with Crippen molar-refractivity contribution in [1.29, 1.82) is 0 Å². The van der Waals surface area contributed by atoms with Crippen molar-refractivity contribution in [2.75, 3.05) is 18.9 Å². The van der Waals surface area contributed by atoms with Crippen molar-refractivity contribution >= 4 is 11.6 Å². The zero-order valence-corrected chi connectivity index (χ0v) is 16.1. The van der Waals surface area contributed by atoms with Gasteiger partial charge in [0.2, 0.25) is 5.91 Å². The van der Waals surface area contributed by atoms with E-state index in [0.29, 0.717) is 17.9 Å². The maximum absolute atomic E-state index is 12.5. The average molecular weight is 374 g/mol. The molecule has 0 aliphatic heterocycles. The molecular weight excluding hydrogens is 348 g/mol. The molecule has 3 rings (SSSR count). The van der Waals surface area contributed by atoms with Crippen LogP contribution in [0.4, 0.5) is 5.69 Å². The largest absolute Gasteiger partial charge is 0.484 e. The lowest BCUT2D eigenvalue weighted by atomic mass is 10.1. The third-order valence-electron chi connectivity index (χ3n) is 4.47. The molecule has 0 aliphatic rings. The monoisotopic (exact) mass is 374 g/mol. The topological polar surface area (TPSA) is 50.4 Å². The summed E-state index contributed by atoms with van der Waals surface area (Å²) in [5.41, 5.74) is 2.78. The highest BCUT2D eigenvalue weighted by atomic mass is 16.5. The zero-order chi connectivity index (χ0) is 19.6. The Morgan fingerprint density at radius 3 is 2.25 bits per heavy atom. The Morgan fingerprint density at radius 1 is 0.893 bits per heavy atom. The average Bonchev–Trinajstić information content (AvgIpc) is 2.73. The number of ether oxygens (including phenoxy) is 1. The summed E-state index contributed by atoms with van der Waals surface area (Å²) in [6.07, 6.45) is 1.06. The second kappa shape index (κ2) is 10.3. The van der Waals surface area contributed by atoms with Crippen LogP contribution in [0, 0.1) is 0 Å². The van der Waals surface area contributed by atoms with Gasteiger partial charge in [-0.05, 0) is 36.9 Å². The number of benzene rings is 3. The molecule has 0 bridgehead atoms. The molecule has 2 N–H and O–H groups in total. The van der Waals surface area contributed by atoms with E-state index < -0.39 is 0 Å².